The summed E-state index contributed by atoms with van der Waals surface area (Å²) in [6.07, 6.45) is 0.709. The summed E-state index contributed by atoms with van der Waals surface area (Å²) in [5, 5.41) is 0.387. The van der Waals surface area contributed by atoms with Crippen molar-refractivity contribution in [3.05, 3.63) is 40.8 Å². The molecule has 0 amide bonds. The first-order valence-electron chi connectivity index (χ1n) is 6.29. The third-order valence-electron chi connectivity index (χ3n) is 2.86. The smallest absolute Gasteiger partial charge is 0.231 e. The Morgan fingerprint density at radius 3 is 2.90 bits per heavy atom. The summed E-state index contributed by atoms with van der Waals surface area (Å²) < 4.78 is 16.2. The highest BCUT2D eigenvalue weighted by Gasteiger charge is 2.13. The van der Waals surface area contributed by atoms with Gasteiger partial charge in [0.25, 0.3) is 0 Å². The highest BCUT2D eigenvalue weighted by Crippen LogP contribution is 2.32. The van der Waals surface area contributed by atoms with E-state index in [9.17, 15) is 0 Å². The Balaban J connectivity index is 1.71. The molecule has 2 heterocycles. The van der Waals surface area contributed by atoms with Gasteiger partial charge < -0.3 is 14.2 Å². The zero-order chi connectivity index (χ0) is 13.9. The summed E-state index contributed by atoms with van der Waals surface area (Å²) in [4.78, 5) is 8.36. The van der Waals surface area contributed by atoms with Crippen LogP contribution >= 0.6 is 11.6 Å². The van der Waals surface area contributed by atoms with Crippen molar-refractivity contribution in [2.45, 2.75) is 20.0 Å². The summed E-state index contributed by atoms with van der Waals surface area (Å²) in [7, 11) is 0. The van der Waals surface area contributed by atoms with Gasteiger partial charge in [0.05, 0.1) is 0 Å². The Hall–Kier alpha value is -2.01. The minimum Gasteiger partial charge on any atom is -0.473 e. The second-order valence-electron chi connectivity index (χ2n) is 4.27. The van der Waals surface area contributed by atoms with Gasteiger partial charge in [0.15, 0.2) is 11.5 Å². The second-order valence-corrected chi connectivity index (χ2v) is 4.66. The number of ether oxygens (including phenoxy) is 3. The minimum atomic E-state index is 0.265. The predicted octanol–water partition coefficient (Wildman–Crippen LogP) is 3.00. The van der Waals surface area contributed by atoms with E-state index in [-0.39, 0.29) is 6.79 Å². The van der Waals surface area contributed by atoms with Crippen molar-refractivity contribution in [3.8, 4) is 17.4 Å². The van der Waals surface area contributed by atoms with Crippen LogP contribution < -0.4 is 14.2 Å². The number of benzene rings is 1. The van der Waals surface area contributed by atoms with Crippen LogP contribution in [0, 0.1) is 0 Å². The van der Waals surface area contributed by atoms with Gasteiger partial charge in [-0.25, -0.2) is 4.98 Å². The molecule has 0 spiro atoms. The molecule has 0 radical (unpaired) electrons. The predicted molar refractivity (Wildman–Crippen MR) is 73.3 cm³/mol. The van der Waals surface area contributed by atoms with Crippen LogP contribution in [0.15, 0.2) is 24.3 Å². The van der Waals surface area contributed by atoms with Gasteiger partial charge in [-0.1, -0.05) is 24.6 Å². The van der Waals surface area contributed by atoms with E-state index in [2.05, 4.69) is 9.97 Å². The van der Waals surface area contributed by atoms with E-state index in [1.165, 1.54) is 0 Å². The number of aromatic nitrogens is 2. The van der Waals surface area contributed by atoms with Crippen molar-refractivity contribution >= 4 is 11.6 Å². The SMILES string of the molecule is CCc1nc(Cl)cc(OCc2ccc3c(c2)OCO3)n1. The van der Waals surface area contributed by atoms with Crippen molar-refractivity contribution in [1.82, 2.24) is 9.97 Å². The monoisotopic (exact) mass is 292 g/mol. The third kappa shape index (κ3) is 2.77. The normalized spacial score (nSPS) is 12.5. The first kappa shape index (κ1) is 13.0. The lowest BCUT2D eigenvalue weighted by Crippen LogP contribution is -2.01. The van der Waals surface area contributed by atoms with Gasteiger partial charge in [-0.05, 0) is 17.7 Å². The van der Waals surface area contributed by atoms with Crippen LogP contribution in [0.3, 0.4) is 0 Å². The van der Waals surface area contributed by atoms with Crippen LogP contribution in [0.1, 0.15) is 18.3 Å². The van der Waals surface area contributed by atoms with Crippen LogP contribution in [0.5, 0.6) is 17.4 Å². The van der Waals surface area contributed by atoms with Gasteiger partial charge >= 0.3 is 0 Å². The number of nitrogens with zero attached hydrogens (tertiary/aromatic N) is 2. The number of fused-ring (bicyclic) bond motifs is 1. The fourth-order valence-electron chi connectivity index (χ4n) is 1.86. The van der Waals surface area contributed by atoms with E-state index >= 15 is 0 Å². The summed E-state index contributed by atoms with van der Waals surface area (Å²) in [5.74, 6) is 2.63. The first-order chi connectivity index (χ1) is 9.74. The maximum absolute atomic E-state index is 5.92. The van der Waals surface area contributed by atoms with Crippen molar-refractivity contribution < 1.29 is 14.2 Å². The van der Waals surface area contributed by atoms with E-state index in [4.69, 9.17) is 25.8 Å². The van der Waals surface area contributed by atoms with Crippen molar-refractivity contribution in [1.29, 1.82) is 0 Å². The molecule has 5 nitrogen and oxygen atoms in total. The fraction of sp³-hybridized carbons (Fsp3) is 0.286. The largest absolute Gasteiger partial charge is 0.473 e. The Morgan fingerprint density at radius 2 is 2.05 bits per heavy atom. The number of aryl methyl sites for hydroxylation is 1. The van der Waals surface area contributed by atoms with Gasteiger partial charge in [0.1, 0.15) is 17.6 Å². The average molecular weight is 293 g/mol. The second kappa shape index (κ2) is 5.54. The molecule has 0 fully saturated rings. The molecule has 1 aromatic carbocycles. The van der Waals surface area contributed by atoms with Gasteiger partial charge in [-0.2, -0.15) is 4.98 Å². The number of halogens is 1. The molecule has 1 aromatic heterocycles. The average Bonchev–Trinajstić information content (AvgIpc) is 2.92. The number of hydrogen-bond acceptors (Lipinski definition) is 5. The van der Waals surface area contributed by atoms with E-state index in [1.807, 2.05) is 25.1 Å². The first-order valence-corrected chi connectivity index (χ1v) is 6.67. The van der Waals surface area contributed by atoms with E-state index in [1.54, 1.807) is 6.07 Å². The molecule has 0 atom stereocenters. The standard InChI is InChI=1S/C14H13ClN2O3/c1-2-13-16-12(15)6-14(17-13)18-7-9-3-4-10-11(5-9)20-8-19-10/h3-6H,2,7-8H2,1H3. The quantitative estimate of drug-likeness (QED) is 0.811. The fourth-order valence-corrected chi connectivity index (χ4v) is 2.05. The molecule has 104 valence electrons. The van der Waals surface area contributed by atoms with Crippen LogP contribution in [0.2, 0.25) is 5.15 Å². The molecule has 0 N–H and O–H groups in total. The Kier molecular flexibility index (Phi) is 3.60. The molecule has 0 unspecified atom stereocenters. The summed E-state index contributed by atoms with van der Waals surface area (Å²) >= 11 is 5.92. The molecule has 20 heavy (non-hydrogen) atoms. The molecular weight excluding hydrogens is 280 g/mol. The van der Waals surface area contributed by atoms with Crippen molar-refractivity contribution in [2.24, 2.45) is 0 Å². The van der Waals surface area contributed by atoms with Crippen LogP contribution in [-0.2, 0) is 13.0 Å². The van der Waals surface area contributed by atoms with Crippen LogP contribution in [-0.4, -0.2) is 16.8 Å². The van der Waals surface area contributed by atoms with E-state index < -0.39 is 0 Å². The highest BCUT2D eigenvalue weighted by molar-refractivity contribution is 6.29. The molecule has 3 rings (SSSR count). The number of rotatable bonds is 4. The van der Waals surface area contributed by atoms with E-state index in [0.29, 0.717) is 29.9 Å². The molecule has 0 aliphatic carbocycles. The van der Waals surface area contributed by atoms with Crippen molar-refractivity contribution in [3.63, 3.8) is 0 Å². The zero-order valence-corrected chi connectivity index (χ0v) is 11.7. The van der Waals surface area contributed by atoms with Gasteiger partial charge in [-0.3, -0.25) is 0 Å². The maximum Gasteiger partial charge on any atom is 0.231 e. The van der Waals surface area contributed by atoms with E-state index in [0.717, 1.165) is 17.1 Å². The van der Waals surface area contributed by atoms with Crippen LogP contribution in [0.25, 0.3) is 0 Å². The Morgan fingerprint density at radius 1 is 1.20 bits per heavy atom. The lowest BCUT2D eigenvalue weighted by molar-refractivity contribution is 0.174. The molecule has 0 saturated carbocycles. The highest BCUT2D eigenvalue weighted by atomic mass is 35.5. The Labute approximate surface area is 121 Å². The molecular formula is C14H13ClN2O3. The van der Waals surface area contributed by atoms with Gasteiger partial charge in [0, 0.05) is 12.5 Å². The zero-order valence-electron chi connectivity index (χ0n) is 10.9. The topological polar surface area (TPSA) is 53.5 Å². The molecule has 2 aromatic rings. The molecule has 1 aliphatic heterocycles. The summed E-state index contributed by atoms with van der Waals surface area (Å²) in [6.45, 7) is 2.61. The van der Waals surface area contributed by atoms with Crippen LogP contribution in [0.4, 0.5) is 0 Å². The number of hydrogen-bond donors (Lipinski definition) is 0. The van der Waals surface area contributed by atoms with Gasteiger partial charge in [-0.15, -0.1) is 0 Å². The molecule has 1 aliphatic rings. The lowest BCUT2D eigenvalue weighted by atomic mass is 10.2. The summed E-state index contributed by atoms with van der Waals surface area (Å²) in [5.41, 5.74) is 0.974. The third-order valence-corrected chi connectivity index (χ3v) is 3.05. The van der Waals surface area contributed by atoms with Crippen molar-refractivity contribution in [2.75, 3.05) is 6.79 Å². The molecule has 0 saturated heterocycles. The Bertz CT molecular complexity index is 634. The lowest BCUT2D eigenvalue weighted by Gasteiger charge is -2.07. The summed E-state index contributed by atoms with van der Waals surface area (Å²) in [6, 6.07) is 7.29. The molecule has 6 heteroatoms. The molecule has 0 bridgehead atoms. The maximum atomic E-state index is 5.92. The minimum absolute atomic E-state index is 0.265. The van der Waals surface area contributed by atoms with Gasteiger partial charge in [0.2, 0.25) is 12.7 Å².